The standard InChI is InChI=1S/C20H26N8O/c1-26(2)12-11-22-19(29)16-13-28(25-18(16)21)20-23-10-9-17(24-20)14-5-7-15(8-6-14)27(3)4/h5-10,13H,11-12H2,1-4H3,(H2,21,25)(H,22,29). The van der Waals surface area contributed by atoms with E-state index in [0.29, 0.717) is 18.1 Å². The second-order valence-corrected chi connectivity index (χ2v) is 7.11. The number of nitrogens with zero attached hydrogens (tertiary/aromatic N) is 6. The zero-order chi connectivity index (χ0) is 21.0. The van der Waals surface area contributed by atoms with Crippen molar-refractivity contribution in [3.8, 4) is 17.2 Å². The van der Waals surface area contributed by atoms with Crippen LogP contribution >= 0.6 is 0 Å². The lowest BCUT2D eigenvalue weighted by Gasteiger charge is -2.12. The van der Waals surface area contributed by atoms with Gasteiger partial charge >= 0.3 is 0 Å². The minimum atomic E-state index is -0.272. The Bertz CT molecular complexity index is 978. The van der Waals surface area contributed by atoms with Crippen LogP contribution in [0.4, 0.5) is 11.5 Å². The fraction of sp³-hybridized carbons (Fsp3) is 0.300. The van der Waals surface area contributed by atoms with Crippen LogP contribution in [-0.2, 0) is 0 Å². The van der Waals surface area contributed by atoms with Gasteiger partial charge in [-0.3, -0.25) is 4.79 Å². The van der Waals surface area contributed by atoms with Gasteiger partial charge in [-0.15, -0.1) is 5.10 Å². The first kappa shape index (κ1) is 20.3. The quantitative estimate of drug-likeness (QED) is 0.622. The highest BCUT2D eigenvalue weighted by molar-refractivity contribution is 5.98. The third kappa shape index (κ3) is 4.88. The lowest BCUT2D eigenvalue weighted by molar-refractivity contribution is 0.0952. The molecule has 0 atom stereocenters. The van der Waals surface area contributed by atoms with Gasteiger partial charge in [-0.25, -0.2) is 14.6 Å². The van der Waals surface area contributed by atoms with Crippen molar-refractivity contribution in [3.05, 3.63) is 48.3 Å². The molecular formula is C20H26N8O. The summed E-state index contributed by atoms with van der Waals surface area (Å²) in [6.45, 7) is 1.25. The number of nitrogens with one attached hydrogen (secondary N) is 1. The average molecular weight is 394 g/mol. The molecule has 3 aromatic rings. The molecule has 29 heavy (non-hydrogen) atoms. The van der Waals surface area contributed by atoms with E-state index in [-0.39, 0.29) is 11.7 Å². The van der Waals surface area contributed by atoms with Crippen molar-refractivity contribution in [2.45, 2.75) is 0 Å². The van der Waals surface area contributed by atoms with E-state index in [9.17, 15) is 4.79 Å². The lowest BCUT2D eigenvalue weighted by atomic mass is 10.1. The SMILES string of the molecule is CN(C)CCNC(=O)c1cn(-c2nccc(-c3ccc(N(C)C)cc3)n2)nc1N. The monoisotopic (exact) mass is 394 g/mol. The van der Waals surface area contributed by atoms with Gasteiger partial charge < -0.3 is 20.9 Å². The van der Waals surface area contributed by atoms with Crippen molar-refractivity contribution >= 4 is 17.4 Å². The maximum Gasteiger partial charge on any atom is 0.256 e. The van der Waals surface area contributed by atoms with E-state index in [1.165, 1.54) is 4.68 Å². The van der Waals surface area contributed by atoms with Crippen LogP contribution < -0.4 is 16.0 Å². The molecule has 3 rings (SSSR count). The lowest BCUT2D eigenvalue weighted by Crippen LogP contribution is -2.31. The van der Waals surface area contributed by atoms with Crippen LogP contribution in [0.15, 0.2) is 42.7 Å². The predicted octanol–water partition coefficient (Wildman–Crippen LogP) is 1.27. The molecule has 2 aromatic heterocycles. The van der Waals surface area contributed by atoms with E-state index in [0.717, 1.165) is 23.5 Å². The Kier molecular flexibility index (Phi) is 6.08. The number of benzene rings is 1. The Balaban J connectivity index is 1.81. The normalized spacial score (nSPS) is 10.9. The van der Waals surface area contributed by atoms with E-state index < -0.39 is 0 Å². The molecule has 0 bridgehead atoms. The van der Waals surface area contributed by atoms with E-state index >= 15 is 0 Å². The molecule has 1 amide bonds. The predicted molar refractivity (Wildman–Crippen MR) is 114 cm³/mol. The number of nitrogens with two attached hydrogens (primary N) is 1. The van der Waals surface area contributed by atoms with Gasteiger partial charge in [-0.2, -0.15) is 0 Å². The fourth-order valence-corrected chi connectivity index (χ4v) is 2.70. The Morgan fingerprint density at radius 1 is 1.14 bits per heavy atom. The number of rotatable bonds is 7. The maximum absolute atomic E-state index is 12.4. The molecule has 3 N–H and O–H groups in total. The summed E-state index contributed by atoms with van der Waals surface area (Å²) in [5.74, 6) is 0.209. The Morgan fingerprint density at radius 3 is 2.52 bits per heavy atom. The Morgan fingerprint density at radius 2 is 1.86 bits per heavy atom. The number of carbonyl (C=O) groups excluding carboxylic acids is 1. The van der Waals surface area contributed by atoms with Crippen molar-refractivity contribution in [3.63, 3.8) is 0 Å². The molecule has 0 aliphatic rings. The van der Waals surface area contributed by atoms with E-state index in [4.69, 9.17) is 5.73 Å². The summed E-state index contributed by atoms with van der Waals surface area (Å²) in [6.07, 6.45) is 3.21. The number of likely N-dealkylation sites (N-methyl/N-ethyl adjacent to an activating group) is 1. The summed E-state index contributed by atoms with van der Waals surface area (Å²) in [7, 11) is 7.87. The summed E-state index contributed by atoms with van der Waals surface area (Å²) in [4.78, 5) is 25.2. The zero-order valence-electron chi connectivity index (χ0n) is 17.1. The van der Waals surface area contributed by atoms with Gasteiger partial charge in [0.15, 0.2) is 5.82 Å². The average Bonchev–Trinajstić information content (AvgIpc) is 3.09. The minimum Gasteiger partial charge on any atom is -0.382 e. The van der Waals surface area contributed by atoms with Crippen molar-refractivity contribution in [1.29, 1.82) is 0 Å². The molecule has 0 unspecified atom stereocenters. The van der Waals surface area contributed by atoms with E-state index in [1.807, 2.05) is 68.3 Å². The van der Waals surface area contributed by atoms with E-state index in [1.54, 1.807) is 12.4 Å². The second-order valence-electron chi connectivity index (χ2n) is 7.11. The Hall–Kier alpha value is -3.46. The third-order valence-electron chi connectivity index (χ3n) is 4.36. The van der Waals surface area contributed by atoms with Crippen LogP contribution in [0, 0.1) is 0 Å². The van der Waals surface area contributed by atoms with Crippen LogP contribution in [-0.4, -0.2) is 71.8 Å². The molecule has 0 fully saturated rings. The molecule has 0 saturated carbocycles. The number of carbonyl (C=O) groups is 1. The van der Waals surface area contributed by atoms with Crippen molar-refractivity contribution in [1.82, 2.24) is 30.0 Å². The van der Waals surface area contributed by atoms with Gasteiger partial charge in [0.05, 0.1) is 5.69 Å². The van der Waals surface area contributed by atoms with Crippen LogP contribution in [0.5, 0.6) is 0 Å². The maximum atomic E-state index is 12.4. The van der Waals surface area contributed by atoms with Crippen LogP contribution in [0.3, 0.4) is 0 Å². The van der Waals surface area contributed by atoms with Crippen molar-refractivity contribution in [2.75, 3.05) is 51.9 Å². The molecule has 9 nitrogen and oxygen atoms in total. The molecule has 9 heteroatoms. The molecule has 1 aromatic carbocycles. The van der Waals surface area contributed by atoms with Gasteiger partial charge in [0, 0.05) is 50.8 Å². The molecule has 0 spiro atoms. The minimum absolute atomic E-state index is 0.136. The van der Waals surface area contributed by atoms with Gasteiger partial charge in [0.2, 0.25) is 0 Å². The molecule has 152 valence electrons. The number of nitrogen functional groups attached to an aromatic ring is 1. The van der Waals surface area contributed by atoms with Crippen molar-refractivity contribution < 1.29 is 4.79 Å². The number of hydrogen-bond acceptors (Lipinski definition) is 7. The number of aromatic nitrogens is 4. The highest BCUT2D eigenvalue weighted by Gasteiger charge is 2.16. The number of anilines is 2. The van der Waals surface area contributed by atoms with Crippen LogP contribution in [0.1, 0.15) is 10.4 Å². The Labute approximate surface area is 170 Å². The molecule has 0 aliphatic heterocycles. The van der Waals surface area contributed by atoms with Gasteiger partial charge in [-0.05, 0) is 32.3 Å². The molecular weight excluding hydrogens is 368 g/mol. The number of amides is 1. The second kappa shape index (κ2) is 8.70. The summed E-state index contributed by atoms with van der Waals surface area (Å²) < 4.78 is 1.42. The largest absolute Gasteiger partial charge is 0.382 e. The van der Waals surface area contributed by atoms with Gasteiger partial charge in [-0.1, -0.05) is 12.1 Å². The van der Waals surface area contributed by atoms with Gasteiger partial charge in [0.1, 0.15) is 5.56 Å². The topological polar surface area (TPSA) is 105 Å². The number of hydrogen-bond donors (Lipinski definition) is 2. The van der Waals surface area contributed by atoms with E-state index in [2.05, 4.69) is 20.4 Å². The summed E-state index contributed by atoms with van der Waals surface area (Å²) in [5, 5.41) is 7.04. The molecule has 0 aliphatic carbocycles. The molecule has 0 radical (unpaired) electrons. The van der Waals surface area contributed by atoms with Crippen molar-refractivity contribution in [2.24, 2.45) is 0 Å². The summed E-state index contributed by atoms with van der Waals surface area (Å²) in [5.41, 5.74) is 9.06. The zero-order valence-corrected chi connectivity index (χ0v) is 17.1. The molecule has 0 saturated heterocycles. The highest BCUT2D eigenvalue weighted by atomic mass is 16.1. The fourth-order valence-electron chi connectivity index (χ4n) is 2.70. The van der Waals surface area contributed by atoms with Gasteiger partial charge in [0.25, 0.3) is 11.9 Å². The third-order valence-corrected chi connectivity index (χ3v) is 4.36. The summed E-state index contributed by atoms with van der Waals surface area (Å²) >= 11 is 0. The van der Waals surface area contributed by atoms with Crippen LogP contribution in [0.2, 0.25) is 0 Å². The first-order valence-electron chi connectivity index (χ1n) is 9.24. The molecule has 2 heterocycles. The highest BCUT2D eigenvalue weighted by Crippen LogP contribution is 2.21. The summed E-state index contributed by atoms with van der Waals surface area (Å²) in [6, 6.07) is 9.89. The van der Waals surface area contributed by atoms with Crippen LogP contribution in [0.25, 0.3) is 17.2 Å². The first-order valence-corrected chi connectivity index (χ1v) is 9.24. The first-order chi connectivity index (χ1) is 13.8. The smallest absolute Gasteiger partial charge is 0.256 e.